The van der Waals surface area contributed by atoms with Crippen LogP contribution >= 0.6 is 7.26 Å². The molecule has 1 aliphatic rings. The molecule has 0 saturated carbocycles. The van der Waals surface area contributed by atoms with Gasteiger partial charge in [-0.1, -0.05) is 77.9 Å². The van der Waals surface area contributed by atoms with Crippen molar-refractivity contribution < 1.29 is 43.9 Å². The maximum atomic E-state index is 16.8. The summed E-state index contributed by atoms with van der Waals surface area (Å²) < 4.78 is 160. The molecule has 55 heavy (non-hydrogen) atoms. The number of hydrogen-bond acceptors (Lipinski definition) is 0. The van der Waals surface area contributed by atoms with Crippen molar-refractivity contribution in [3.63, 3.8) is 0 Å². The first kappa shape index (κ1) is 40.0. The molecule has 1 atom stereocenters. The molecular formula is C43H36BF10P. The summed E-state index contributed by atoms with van der Waals surface area (Å²) in [5, 5.41) is 1.22. The third kappa shape index (κ3) is 6.14. The minimum Gasteiger partial charge on any atom is -0.231 e. The Hall–Kier alpha value is -4.63. The first-order valence-electron chi connectivity index (χ1n) is 17.5. The predicted octanol–water partition coefficient (Wildman–Crippen LogP) is 10.3. The van der Waals surface area contributed by atoms with E-state index in [0.717, 1.165) is 23.2 Å². The van der Waals surface area contributed by atoms with Crippen LogP contribution in [0, 0.1) is 99.7 Å². The highest BCUT2D eigenvalue weighted by molar-refractivity contribution is 7.93. The number of rotatable bonds is 7. The molecule has 0 bridgehead atoms. The standard InChI is InChI=1S/C43H36BF10P/c1-21-15-24(4)42(25(5)16-21)55(43-26(6)17-22(2)18-27(43)7)20-23(3)19-29(55)44(14-13-28-11-9-8-10-12-28,30-32(45)36(49)40(53)37(50)33(30)46)31-34(47)38(51)41(54)39(52)35(31)48/h8-19,29H,20H2,1-7H3/b14-13-. The Balaban J connectivity index is 2.00. The summed E-state index contributed by atoms with van der Waals surface area (Å²) in [6.07, 6.45) is -1.71. The highest BCUT2D eigenvalue weighted by Crippen LogP contribution is 2.70. The van der Waals surface area contributed by atoms with E-state index in [9.17, 15) is 8.78 Å². The van der Waals surface area contributed by atoms with Gasteiger partial charge in [0.25, 0.3) is 0 Å². The van der Waals surface area contributed by atoms with Crippen molar-refractivity contribution in [3.05, 3.63) is 169 Å². The van der Waals surface area contributed by atoms with Crippen LogP contribution < -0.4 is 21.5 Å². The molecule has 12 heteroatoms. The van der Waals surface area contributed by atoms with E-state index in [-0.39, 0.29) is 11.7 Å². The number of benzene rings is 5. The summed E-state index contributed by atoms with van der Waals surface area (Å²) in [6, 6.07) is 15.1. The van der Waals surface area contributed by atoms with E-state index in [1.54, 1.807) is 52.8 Å². The topological polar surface area (TPSA) is 0 Å². The minimum atomic E-state index is -4.42. The summed E-state index contributed by atoms with van der Waals surface area (Å²) in [4.78, 5) is 0. The van der Waals surface area contributed by atoms with Gasteiger partial charge in [-0.3, -0.25) is 0 Å². The maximum absolute atomic E-state index is 16.8. The van der Waals surface area contributed by atoms with Crippen molar-refractivity contribution in [1.82, 2.24) is 0 Å². The molecule has 0 fully saturated rings. The molecule has 0 N–H and O–H groups in total. The van der Waals surface area contributed by atoms with Crippen LogP contribution in [-0.2, 0) is 0 Å². The Labute approximate surface area is 313 Å². The van der Waals surface area contributed by atoms with E-state index >= 15 is 35.1 Å². The zero-order valence-electron chi connectivity index (χ0n) is 31.0. The van der Waals surface area contributed by atoms with Crippen LogP contribution in [0.4, 0.5) is 43.9 Å². The summed E-state index contributed by atoms with van der Waals surface area (Å²) >= 11 is 0. The molecule has 0 radical (unpaired) electrons. The van der Waals surface area contributed by atoms with Crippen LogP contribution in [0.1, 0.15) is 45.9 Å². The largest absolute Gasteiger partial charge is 0.231 e. The van der Waals surface area contributed by atoms with Gasteiger partial charge in [-0.15, -0.1) is 10.9 Å². The van der Waals surface area contributed by atoms with Gasteiger partial charge in [0.2, 0.25) is 0 Å². The van der Waals surface area contributed by atoms with Gasteiger partial charge in [0, 0.05) is 0 Å². The van der Waals surface area contributed by atoms with Crippen LogP contribution in [0.2, 0.25) is 0 Å². The second-order valence-electron chi connectivity index (χ2n) is 14.8. The monoisotopic (exact) mass is 784 g/mol. The third-order valence-electron chi connectivity index (χ3n) is 10.9. The van der Waals surface area contributed by atoms with Crippen molar-refractivity contribution in [2.75, 3.05) is 6.16 Å². The molecule has 5 aromatic carbocycles. The quantitative estimate of drug-likeness (QED) is 0.0385. The maximum Gasteiger partial charge on any atom is 0.200 e. The molecule has 5 aromatic rings. The van der Waals surface area contributed by atoms with Gasteiger partial charge in [-0.25, -0.2) is 49.9 Å². The second-order valence-corrected chi connectivity index (χ2v) is 18.3. The molecule has 1 aliphatic heterocycles. The highest BCUT2D eigenvalue weighted by Gasteiger charge is 2.62. The van der Waals surface area contributed by atoms with Crippen molar-refractivity contribution in [1.29, 1.82) is 0 Å². The van der Waals surface area contributed by atoms with Crippen LogP contribution in [0.15, 0.2) is 72.2 Å². The summed E-state index contributed by atoms with van der Waals surface area (Å²) in [7, 11) is -3.61. The van der Waals surface area contributed by atoms with Gasteiger partial charge in [-0.2, -0.15) is 0 Å². The van der Waals surface area contributed by atoms with Gasteiger partial charge < -0.3 is 0 Å². The lowest BCUT2D eigenvalue weighted by atomic mass is 9.16. The highest BCUT2D eigenvalue weighted by atomic mass is 31.2. The van der Waals surface area contributed by atoms with Gasteiger partial charge in [0.05, 0.1) is 13.4 Å². The molecule has 0 aromatic heterocycles. The summed E-state index contributed by atoms with van der Waals surface area (Å²) in [6.45, 7) is 12.5. The molecule has 6 rings (SSSR count). The fourth-order valence-corrected chi connectivity index (χ4v) is 16.1. The first-order chi connectivity index (χ1) is 25.8. The third-order valence-corrected chi connectivity index (χ3v) is 16.5. The Kier molecular flexibility index (Phi) is 10.5. The fourth-order valence-electron chi connectivity index (χ4n) is 9.40. The van der Waals surface area contributed by atoms with Crippen molar-refractivity contribution in [2.24, 2.45) is 0 Å². The lowest BCUT2D eigenvalue weighted by Crippen LogP contribution is -2.70. The number of aryl methyl sites for hydroxylation is 6. The second kappa shape index (κ2) is 14.5. The number of allylic oxidation sites excluding steroid dienone is 2. The van der Waals surface area contributed by atoms with Crippen molar-refractivity contribution >= 4 is 41.0 Å². The van der Waals surface area contributed by atoms with E-state index in [2.05, 4.69) is 0 Å². The van der Waals surface area contributed by atoms with Crippen LogP contribution in [0.25, 0.3) is 6.08 Å². The van der Waals surface area contributed by atoms with Gasteiger partial charge in [-0.05, 0) is 87.4 Å². The van der Waals surface area contributed by atoms with Gasteiger partial charge in [0.1, 0.15) is 40.0 Å². The Bertz CT molecular complexity index is 2220. The normalized spacial score (nSPS) is 15.7. The SMILES string of the molecule is CC1=CC([B-](/C=C\c2ccccc2)(c2c(F)c(F)c(F)c(F)c2F)c2c(F)c(F)c(F)c(F)c2F)[P+](c2c(C)cc(C)cc2C)(c2c(C)cc(C)cc2C)C1. The van der Waals surface area contributed by atoms with Gasteiger partial charge >= 0.3 is 0 Å². The molecule has 286 valence electrons. The lowest BCUT2D eigenvalue weighted by molar-refractivity contribution is 0.381. The molecule has 0 nitrogen and oxygen atoms in total. The molecule has 0 spiro atoms. The summed E-state index contributed by atoms with van der Waals surface area (Å²) in [5.74, 6) is -23.8. The Morgan fingerprint density at radius 1 is 0.509 bits per heavy atom. The minimum absolute atomic E-state index is 0.0839. The van der Waals surface area contributed by atoms with E-state index in [4.69, 9.17) is 0 Å². The van der Waals surface area contributed by atoms with Crippen molar-refractivity contribution in [3.8, 4) is 0 Å². The van der Waals surface area contributed by atoms with Crippen molar-refractivity contribution in [2.45, 2.75) is 54.0 Å². The van der Waals surface area contributed by atoms with E-state index in [1.165, 1.54) is 18.2 Å². The molecule has 1 heterocycles. The predicted molar refractivity (Wildman–Crippen MR) is 203 cm³/mol. The molecule has 0 saturated heterocycles. The molecule has 0 aliphatic carbocycles. The fraction of sp³-hybridized carbons (Fsp3) is 0.209. The number of halogens is 10. The van der Waals surface area contributed by atoms with E-state index < -0.39 is 88.1 Å². The van der Waals surface area contributed by atoms with Crippen LogP contribution in [0.5, 0.6) is 0 Å². The average Bonchev–Trinajstić information content (AvgIpc) is 3.46. The van der Waals surface area contributed by atoms with E-state index in [1.807, 2.05) is 38.1 Å². The van der Waals surface area contributed by atoms with Crippen LogP contribution in [-0.4, -0.2) is 17.9 Å². The molecular weight excluding hydrogens is 748 g/mol. The zero-order valence-corrected chi connectivity index (χ0v) is 31.9. The Morgan fingerprint density at radius 2 is 0.855 bits per heavy atom. The molecule has 1 unspecified atom stereocenters. The van der Waals surface area contributed by atoms with Gasteiger partial charge in [0.15, 0.2) is 34.9 Å². The summed E-state index contributed by atoms with van der Waals surface area (Å²) in [5.41, 5.74) is 0.0104. The average molecular weight is 785 g/mol. The zero-order chi connectivity index (χ0) is 40.5. The van der Waals surface area contributed by atoms with E-state index in [0.29, 0.717) is 38.4 Å². The lowest BCUT2D eigenvalue weighted by Gasteiger charge is -2.49. The molecule has 0 amide bonds. The number of hydrogen-bond donors (Lipinski definition) is 0. The van der Waals surface area contributed by atoms with Crippen LogP contribution in [0.3, 0.4) is 0 Å². The first-order valence-corrected chi connectivity index (χ1v) is 19.5. The Morgan fingerprint density at radius 3 is 1.22 bits per heavy atom. The smallest absolute Gasteiger partial charge is 0.200 e.